The number of thiazole rings is 1. The van der Waals surface area contributed by atoms with Gasteiger partial charge in [0.05, 0.1) is 21.7 Å². The Hall–Kier alpha value is -1.94. The molecule has 29 heavy (non-hydrogen) atoms. The molecule has 1 aliphatic heterocycles. The van der Waals surface area contributed by atoms with Crippen LogP contribution >= 0.6 is 23.1 Å². The van der Waals surface area contributed by atoms with Crippen molar-refractivity contribution in [2.24, 2.45) is 0 Å². The van der Waals surface area contributed by atoms with Gasteiger partial charge >= 0.3 is 0 Å². The van der Waals surface area contributed by atoms with Crippen LogP contribution in [0.1, 0.15) is 5.56 Å². The van der Waals surface area contributed by atoms with E-state index in [9.17, 15) is 13.2 Å². The Bertz CT molecular complexity index is 1060. The quantitative estimate of drug-likeness (QED) is 0.543. The van der Waals surface area contributed by atoms with Crippen molar-refractivity contribution in [3.63, 3.8) is 0 Å². The first kappa shape index (κ1) is 20.3. The fraction of sp³-hybridized carbons (Fsp3) is 0.300. The molecular formula is C20H21N3O3S3. The zero-order valence-corrected chi connectivity index (χ0v) is 18.2. The number of carbonyl (C=O) groups is 1. The fourth-order valence-electron chi connectivity index (χ4n) is 3.22. The lowest BCUT2D eigenvalue weighted by atomic mass is 10.2. The van der Waals surface area contributed by atoms with Crippen molar-refractivity contribution in [2.75, 3.05) is 31.9 Å². The van der Waals surface area contributed by atoms with Crippen LogP contribution in [0.3, 0.4) is 0 Å². The monoisotopic (exact) mass is 447 g/mol. The lowest BCUT2D eigenvalue weighted by Gasteiger charge is -2.34. The molecule has 0 atom stereocenters. The first-order valence-electron chi connectivity index (χ1n) is 9.29. The number of fused-ring (bicyclic) bond motifs is 1. The summed E-state index contributed by atoms with van der Waals surface area (Å²) < 4.78 is 28.8. The van der Waals surface area contributed by atoms with E-state index in [0.717, 1.165) is 20.1 Å². The van der Waals surface area contributed by atoms with Crippen LogP contribution in [0.2, 0.25) is 0 Å². The molecule has 0 saturated carbocycles. The van der Waals surface area contributed by atoms with Crippen molar-refractivity contribution in [1.82, 2.24) is 14.2 Å². The molecule has 9 heteroatoms. The van der Waals surface area contributed by atoms with Gasteiger partial charge in [-0.3, -0.25) is 4.79 Å². The highest BCUT2D eigenvalue weighted by Crippen LogP contribution is 2.29. The van der Waals surface area contributed by atoms with E-state index in [1.165, 1.54) is 16.1 Å². The summed E-state index contributed by atoms with van der Waals surface area (Å²) in [5.41, 5.74) is 1.72. The molecule has 0 radical (unpaired) electrons. The maximum Gasteiger partial charge on any atom is 0.233 e. The molecule has 0 N–H and O–H groups in total. The highest BCUT2D eigenvalue weighted by molar-refractivity contribution is 8.01. The van der Waals surface area contributed by atoms with E-state index >= 15 is 0 Å². The van der Waals surface area contributed by atoms with E-state index in [0.29, 0.717) is 31.9 Å². The minimum atomic E-state index is -3.37. The number of benzene rings is 2. The van der Waals surface area contributed by atoms with Gasteiger partial charge in [-0.15, -0.1) is 11.3 Å². The predicted molar refractivity (Wildman–Crippen MR) is 118 cm³/mol. The number of hydrogen-bond donors (Lipinski definition) is 0. The van der Waals surface area contributed by atoms with E-state index in [1.54, 1.807) is 16.2 Å². The Balaban J connectivity index is 1.29. The summed E-state index contributed by atoms with van der Waals surface area (Å²) in [6.45, 7) is 1.53. The summed E-state index contributed by atoms with van der Waals surface area (Å²) in [4.78, 5) is 18.8. The Labute approximate surface area is 178 Å². The van der Waals surface area contributed by atoms with Gasteiger partial charge < -0.3 is 4.90 Å². The number of rotatable bonds is 6. The fourth-order valence-corrected chi connectivity index (χ4v) is 6.71. The largest absolute Gasteiger partial charge is 0.339 e. The van der Waals surface area contributed by atoms with Crippen molar-refractivity contribution >= 4 is 49.2 Å². The van der Waals surface area contributed by atoms with Crippen LogP contribution < -0.4 is 0 Å². The first-order chi connectivity index (χ1) is 14.0. The molecule has 0 bridgehead atoms. The zero-order valence-electron chi connectivity index (χ0n) is 15.7. The van der Waals surface area contributed by atoms with Gasteiger partial charge in [0, 0.05) is 26.2 Å². The van der Waals surface area contributed by atoms with Gasteiger partial charge in [-0.05, 0) is 17.7 Å². The summed E-state index contributed by atoms with van der Waals surface area (Å²) in [6.07, 6.45) is 0. The standard InChI is InChI=1S/C20H21N3O3S3/c24-19(14-27-20-21-17-8-4-5-9-18(17)28-20)22-10-12-23(13-11-22)29(25,26)15-16-6-2-1-3-7-16/h1-9H,10-15H2. The molecule has 0 unspecified atom stereocenters. The zero-order chi connectivity index (χ0) is 20.3. The van der Waals surface area contributed by atoms with Gasteiger partial charge in [-0.25, -0.2) is 13.4 Å². The van der Waals surface area contributed by atoms with Gasteiger partial charge in [0.15, 0.2) is 4.34 Å². The molecule has 0 spiro atoms. The van der Waals surface area contributed by atoms with Crippen molar-refractivity contribution in [3.05, 3.63) is 60.2 Å². The molecule has 6 nitrogen and oxygen atoms in total. The normalized spacial score (nSPS) is 15.7. The third-order valence-electron chi connectivity index (χ3n) is 4.77. The van der Waals surface area contributed by atoms with Crippen LogP contribution in [0, 0.1) is 0 Å². The smallest absolute Gasteiger partial charge is 0.233 e. The second-order valence-corrected chi connectivity index (χ2v) is 11.0. The Morgan fingerprint density at radius 1 is 1.00 bits per heavy atom. The Morgan fingerprint density at radius 2 is 1.69 bits per heavy atom. The second-order valence-electron chi connectivity index (χ2n) is 6.76. The summed E-state index contributed by atoms with van der Waals surface area (Å²) in [7, 11) is -3.37. The average Bonchev–Trinajstić information content (AvgIpc) is 3.15. The number of hydrogen-bond acceptors (Lipinski definition) is 6. The van der Waals surface area contributed by atoms with Gasteiger partial charge in [0.25, 0.3) is 0 Å². The molecule has 0 aliphatic carbocycles. The highest BCUT2D eigenvalue weighted by Gasteiger charge is 2.29. The molecule has 4 rings (SSSR count). The molecule has 2 heterocycles. The number of nitrogens with zero attached hydrogens (tertiary/aromatic N) is 3. The number of amides is 1. The van der Waals surface area contributed by atoms with E-state index in [4.69, 9.17) is 0 Å². The summed E-state index contributed by atoms with van der Waals surface area (Å²) in [6, 6.07) is 17.1. The van der Waals surface area contributed by atoms with Crippen LogP contribution in [-0.2, 0) is 20.6 Å². The summed E-state index contributed by atoms with van der Waals surface area (Å²) in [5, 5.41) is 0. The predicted octanol–water partition coefficient (Wildman–Crippen LogP) is 3.06. The average molecular weight is 448 g/mol. The van der Waals surface area contributed by atoms with Gasteiger partial charge in [0.2, 0.25) is 15.9 Å². The van der Waals surface area contributed by atoms with Crippen molar-refractivity contribution in [3.8, 4) is 0 Å². The molecular weight excluding hydrogens is 426 g/mol. The van der Waals surface area contributed by atoms with Crippen LogP contribution in [0.25, 0.3) is 10.2 Å². The summed E-state index contributed by atoms with van der Waals surface area (Å²) >= 11 is 3.02. The Morgan fingerprint density at radius 3 is 2.41 bits per heavy atom. The minimum absolute atomic E-state index is 0.00472. The topological polar surface area (TPSA) is 70.6 Å². The summed E-state index contributed by atoms with van der Waals surface area (Å²) in [5.74, 6) is 0.334. The van der Waals surface area contributed by atoms with E-state index in [1.807, 2.05) is 54.6 Å². The number of carbonyl (C=O) groups excluding carboxylic acids is 1. The van der Waals surface area contributed by atoms with Crippen LogP contribution in [0.5, 0.6) is 0 Å². The third-order valence-corrected chi connectivity index (χ3v) is 8.78. The highest BCUT2D eigenvalue weighted by atomic mass is 32.2. The number of piperazine rings is 1. The molecule has 1 fully saturated rings. The number of thioether (sulfide) groups is 1. The molecule has 1 amide bonds. The maximum absolute atomic E-state index is 12.6. The SMILES string of the molecule is O=C(CSc1nc2ccccc2s1)N1CCN(S(=O)(=O)Cc2ccccc2)CC1. The maximum atomic E-state index is 12.6. The van der Waals surface area contributed by atoms with Gasteiger partial charge in [-0.2, -0.15) is 4.31 Å². The molecule has 1 aromatic heterocycles. The van der Waals surface area contributed by atoms with Crippen molar-refractivity contribution in [2.45, 2.75) is 10.1 Å². The molecule has 1 aliphatic rings. The minimum Gasteiger partial charge on any atom is -0.339 e. The molecule has 1 saturated heterocycles. The van der Waals surface area contributed by atoms with Crippen LogP contribution in [-0.4, -0.2) is 60.4 Å². The van der Waals surface area contributed by atoms with Gasteiger partial charge in [0.1, 0.15) is 0 Å². The number of sulfonamides is 1. The van der Waals surface area contributed by atoms with E-state index in [2.05, 4.69) is 4.98 Å². The van der Waals surface area contributed by atoms with E-state index in [-0.39, 0.29) is 11.7 Å². The number of aromatic nitrogens is 1. The molecule has 2 aromatic carbocycles. The van der Waals surface area contributed by atoms with E-state index < -0.39 is 10.0 Å². The third kappa shape index (κ3) is 4.98. The van der Waals surface area contributed by atoms with Gasteiger partial charge in [-0.1, -0.05) is 54.2 Å². The van der Waals surface area contributed by atoms with Crippen LogP contribution in [0.4, 0.5) is 0 Å². The molecule has 152 valence electrons. The lowest BCUT2D eigenvalue weighted by Crippen LogP contribution is -2.51. The first-order valence-corrected chi connectivity index (χ1v) is 12.7. The second kappa shape index (κ2) is 8.83. The van der Waals surface area contributed by atoms with Crippen LogP contribution in [0.15, 0.2) is 58.9 Å². The van der Waals surface area contributed by atoms with Crippen molar-refractivity contribution in [1.29, 1.82) is 0 Å². The lowest BCUT2D eigenvalue weighted by molar-refractivity contribution is -0.129. The number of para-hydroxylation sites is 1. The molecule has 3 aromatic rings. The van der Waals surface area contributed by atoms with Crippen molar-refractivity contribution < 1.29 is 13.2 Å². The Kier molecular flexibility index (Phi) is 6.19.